The number of benzene rings is 1. The van der Waals surface area contributed by atoms with Gasteiger partial charge in [0.05, 0.1) is 11.4 Å². The number of hydrogen-bond donors (Lipinski definition) is 0. The fourth-order valence-electron chi connectivity index (χ4n) is 2.09. The fraction of sp³-hybridized carbons (Fsp3) is 0.500. The van der Waals surface area contributed by atoms with Crippen molar-refractivity contribution in [2.24, 2.45) is 0 Å². The van der Waals surface area contributed by atoms with Crippen LogP contribution >= 0.6 is 29.1 Å². The van der Waals surface area contributed by atoms with Crippen LogP contribution in [0.3, 0.4) is 0 Å². The van der Waals surface area contributed by atoms with Crippen molar-refractivity contribution in [1.82, 2.24) is 9.34 Å². The maximum Gasteiger partial charge on any atom is 0.232 e. The highest BCUT2D eigenvalue weighted by molar-refractivity contribution is 8.69. The summed E-state index contributed by atoms with van der Waals surface area (Å²) in [7, 11) is 3.76. The van der Waals surface area contributed by atoms with Gasteiger partial charge in [-0.15, -0.1) is 0 Å². The molecule has 0 saturated heterocycles. The maximum atomic E-state index is 12.7. The zero-order chi connectivity index (χ0) is 17.5. The van der Waals surface area contributed by atoms with Crippen molar-refractivity contribution in [1.29, 1.82) is 0 Å². The third-order valence-corrected chi connectivity index (χ3v) is 12.3. The van der Waals surface area contributed by atoms with Crippen LogP contribution in [0.5, 0.6) is 0 Å². The van der Waals surface area contributed by atoms with Gasteiger partial charge in [0.15, 0.2) is 5.54 Å². The zero-order valence-electron chi connectivity index (χ0n) is 14.2. The Kier molecular flexibility index (Phi) is 8.76. The number of thiocarbonyl (C=S) groups is 1. The van der Waals surface area contributed by atoms with Crippen LogP contribution < -0.4 is 0 Å². The number of rotatable bonds is 8. The van der Waals surface area contributed by atoms with Gasteiger partial charge in [-0.25, -0.2) is 0 Å². The first-order valence-electron chi connectivity index (χ1n) is 7.69. The van der Waals surface area contributed by atoms with Crippen LogP contribution in [-0.4, -0.2) is 40.1 Å². The lowest BCUT2D eigenvalue weighted by Crippen LogP contribution is -2.33. The number of carbonyl (C=O) groups excluding carboxylic acids is 1. The van der Waals surface area contributed by atoms with E-state index in [1.165, 1.54) is 0 Å². The van der Waals surface area contributed by atoms with Gasteiger partial charge in [0, 0.05) is 14.1 Å². The summed E-state index contributed by atoms with van der Waals surface area (Å²) in [5, 5.41) is 0. The number of amides is 1. The van der Waals surface area contributed by atoms with Crippen LogP contribution in [0.4, 0.5) is 0 Å². The van der Waals surface area contributed by atoms with Crippen LogP contribution in [0.15, 0.2) is 30.3 Å². The standard InChI is InChI=1S/C16H25N2OPS3/c1-5-10-16(21)18(4)20(22,23-6-2)17(3)15(19)13-14-11-8-7-9-12-14/h7-9,11-12H,5-6,10,13H2,1-4H3. The van der Waals surface area contributed by atoms with E-state index in [2.05, 4.69) is 13.8 Å². The molecule has 1 atom stereocenters. The quantitative estimate of drug-likeness (QED) is 0.473. The second-order valence-electron chi connectivity index (χ2n) is 5.16. The molecular weight excluding hydrogens is 363 g/mol. The minimum Gasteiger partial charge on any atom is -0.318 e. The van der Waals surface area contributed by atoms with Gasteiger partial charge in [-0.1, -0.05) is 67.8 Å². The average Bonchev–Trinajstić information content (AvgIpc) is 2.54. The van der Waals surface area contributed by atoms with Gasteiger partial charge in [-0.05, 0) is 36.0 Å². The van der Waals surface area contributed by atoms with Crippen molar-refractivity contribution in [3.63, 3.8) is 0 Å². The number of hydrogen-bond acceptors (Lipinski definition) is 4. The van der Waals surface area contributed by atoms with E-state index in [0.717, 1.165) is 29.1 Å². The highest BCUT2D eigenvalue weighted by atomic mass is 32.9. The molecule has 0 spiro atoms. The topological polar surface area (TPSA) is 23.6 Å². The minimum absolute atomic E-state index is 0.0478. The van der Waals surface area contributed by atoms with Crippen molar-refractivity contribution < 1.29 is 4.79 Å². The molecule has 0 heterocycles. The van der Waals surface area contributed by atoms with Gasteiger partial charge in [0.25, 0.3) is 0 Å². The predicted octanol–water partition coefficient (Wildman–Crippen LogP) is 4.72. The molecule has 1 aromatic carbocycles. The van der Waals surface area contributed by atoms with Gasteiger partial charge in [0.1, 0.15) is 0 Å². The van der Waals surface area contributed by atoms with Crippen LogP contribution in [0.1, 0.15) is 32.3 Å². The number of nitrogens with zero attached hydrogens (tertiary/aromatic N) is 2. The smallest absolute Gasteiger partial charge is 0.232 e. The Labute approximate surface area is 154 Å². The monoisotopic (exact) mass is 388 g/mol. The molecule has 1 unspecified atom stereocenters. The molecule has 1 rings (SSSR count). The summed E-state index contributed by atoms with van der Waals surface area (Å²) < 4.78 is 3.75. The van der Waals surface area contributed by atoms with E-state index >= 15 is 0 Å². The third-order valence-electron chi connectivity index (χ3n) is 3.44. The minimum atomic E-state index is -2.25. The first-order valence-corrected chi connectivity index (χ1v) is 12.4. The molecule has 0 N–H and O–H groups in total. The van der Waals surface area contributed by atoms with Gasteiger partial charge in [-0.3, -0.25) is 9.46 Å². The number of carbonyl (C=O) groups is 1. The van der Waals surface area contributed by atoms with Crippen molar-refractivity contribution in [2.45, 2.75) is 33.1 Å². The summed E-state index contributed by atoms with van der Waals surface area (Å²) in [6.07, 6.45) is 2.18. The van der Waals surface area contributed by atoms with Crippen LogP contribution in [0, 0.1) is 0 Å². The Balaban J connectivity index is 2.96. The molecule has 0 fully saturated rings. The van der Waals surface area contributed by atoms with E-state index < -0.39 is 5.54 Å². The molecule has 0 aliphatic heterocycles. The van der Waals surface area contributed by atoms with Crippen molar-refractivity contribution in [2.75, 3.05) is 19.8 Å². The lowest BCUT2D eigenvalue weighted by atomic mass is 10.1. The van der Waals surface area contributed by atoms with E-state index in [1.807, 2.05) is 49.1 Å². The van der Waals surface area contributed by atoms with E-state index in [1.54, 1.807) is 16.1 Å². The number of likely N-dealkylation sites (N-methyl/N-ethyl adjacent to an activating group) is 1. The molecule has 23 heavy (non-hydrogen) atoms. The summed E-state index contributed by atoms with van der Waals surface area (Å²) in [5.41, 5.74) is -1.25. The molecule has 0 radical (unpaired) electrons. The summed E-state index contributed by atoms with van der Waals surface area (Å²) in [5.74, 6) is 0.908. The van der Waals surface area contributed by atoms with E-state index in [4.69, 9.17) is 24.0 Å². The summed E-state index contributed by atoms with van der Waals surface area (Å²) >= 11 is 13.1. The Morgan fingerprint density at radius 1 is 1.17 bits per heavy atom. The maximum absolute atomic E-state index is 12.7. The summed E-state index contributed by atoms with van der Waals surface area (Å²) in [4.78, 5) is 13.6. The van der Waals surface area contributed by atoms with E-state index in [0.29, 0.717) is 6.42 Å². The van der Waals surface area contributed by atoms with Crippen LogP contribution in [0.2, 0.25) is 0 Å². The Morgan fingerprint density at radius 3 is 2.30 bits per heavy atom. The fourth-order valence-corrected chi connectivity index (χ4v) is 8.91. The normalized spacial score (nSPS) is 13.2. The molecule has 1 aromatic rings. The van der Waals surface area contributed by atoms with Gasteiger partial charge < -0.3 is 4.67 Å². The Morgan fingerprint density at radius 2 is 1.78 bits per heavy atom. The highest BCUT2D eigenvalue weighted by Gasteiger charge is 2.32. The molecule has 3 nitrogen and oxygen atoms in total. The lowest BCUT2D eigenvalue weighted by Gasteiger charge is -2.39. The molecule has 1 amide bonds. The molecule has 0 aromatic heterocycles. The summed E-state index contributed by atoms with van der Waals surface area (Å²) in [6.45, 7) is 4.17. The van der Waals surface area contributed by atoms with E-state index in [-0.39, 0.29) is 5.91 Å². The third kappa shape index (κ3) is 5.56. The molecule has 0 aliphatic rings. The molecular formula is C16H25N2OPS3. The first kappa shape index (κ1) is 20.6. The van der Waals surface area contributed by atoms with Crippen molar-refractivity contribution >= 4 is 51.8 Å². The lowest BCUT2D eigenvalue weighted by molar-refractivity contribution is -0.124. The van der Waals surface area contributed by atoms with Gasteiger partial charge in [0.2, 0.25) is 5.91 Å². The Hall–Kier alpha value is -0.420. The second kappa shape index (κ2) is 9.77. The van der Waals surface area contributed by atoms with Crippen LogP contribution in [0.25, 0.3) is 0 Å². The predicted molar refractivity (Wildman–Crippen MR) is 111 cm³/mol. The Bertz CT molecular complexity index is 580. The first-order chi connectivity index (χ1) is 10.9. The SMILES string of the molecule is CCCC(=S)N(C)P(=S)(SCC)N(C)C(=O)Cc1ccccc1. The molecule has 0 aliphatic carbocycles. The average molecular weight is 389 g/mol. The molecule has 7 heteroatoms. The van der Waals surface area contributed by atoms with Gasteiger partial charge in [-0.2, -0.15) is 0 Å². The zero-order valence-corrected chi connectivity index (χ0v) is 17.5. The highest BCUT2D eigenvalue weighted by Crippen LogP contribution is 2.63. The summed E-state index contributed by atoms with van der Waals surface area (Å²) in [6, 6.07) is 9.78. The molecule has 0 saturated carbocycles. The molecule has 0 bridgehead atoms. The van der Waals surface area contributed by atoms with Crippen molar-refractivity contribution in [3.8, 4) is 0 Å². The van der Waals surface area contributed by atoms with Crippen LogP contribution in [-0.2, 0) is 23.0 Å². The second-order valence-corrected chi connectivity index (χ2v) is 13.2. The van der Waals surface area contributed by atoms with E-state index in [9.17, 15) is 4.79 Å². The van der Waals surface area contributed by atoms with Crippen molar-refractivity contribution in [3.05, 3.63) is 35.9 Å². The largest absolute Gasteiger partial charge is 0.318 e. The van der Waals surface area contributed by atoms with Gasteiger partial charge >= 0.3 is 0 Å². The molecule has 128 valence electrons.